The Morgan fingerprint density at radius 1 is 1.35 bits per heavy atom. The van der Waals surface area contributed by atoms with Crippen LogP contribution in [0.2, 0.25) is 0 Å². The molecule has 0 radical (unpaired) electrons. The second-order valence-electron chi connectivity index (χ2n) is 4.00. The molecule has 2 aromatic carbocycles. The minimum atomic E-state index is -0.486. The highest BCUT2D eigenvalue weighted by atomic mass is 79.9. The zero-order chi connectivity index (χ0) is 14.7. The van der Waals surface area contributed by atoms with E-state index in [4.69, 9.17) is 11.0 Å². The SMILES string of the molecule is N#Cc1ccc(NC(=O)c2cccc(N)c2O)c(Br)c1. The van der Waals surface area contributed by atoms with Crippen LogP contribution in [0.5, 0.6) is 5.75 Å². The lowest BCUT2D eigenvalue weighted by Gasteiger charge is -2.09. The standard InChI is InChI=1S/C14H10BrN3O2/c15-10-6-8(7-16)4-5-12(10)18-14(20)9-2-1-3-11(17)13(9)19/h1-6,19H,17H2,(H,18,20). The van der Waals surface area contributed by atoms with E-state index in [9.17, 15) is 9.90 Å². The van der Waals surface area contributed by atoms with Crippen LogP contribution < -0.4 is 11.1 Å². The summed E-state index contributed by atoms with van der Waals surface area (Å²) in [6, 6.07) is 11.3. The molecule has 4 N–H and O–H groups in total. The van der Waals surface area contributed by atoms with E-state index in [-0.39, 0.29) is 17.0 Å². The predicted molar refractivity (Wildman–Crippen MR) is 79.3 cm³/mol. The van der Waals surface area contributed by atoms with Crippen molar-refractivity contribution in [2.45, 2.75) is 0 Å². The second-order valence-corrected chi connectivity index (χ2v) is 4.86. The molecule has 0 heterocycles. The highest BCUT2D eigenvalue weighted by molar-refractivity contribution is 9.10. The number of aromatic hydroxyl groups is 1. The molecule has 6 heteroatoms. The normalized spacial score (nSPS) is 9.80. The first-order valence-electron chi connectivity index (χ1n) is 5.61. The molecule has 0 spiro atoms. The number of hydrogen-bond donors (Lipinski definition) is 3. The van der Waals surface area contributed by atoms with Gasteiger partial charge in [0.2, 0.25) is 0 Å². The third-order valence-electron chi connectivity index (χ3n) is 2.66. The van der Waals surface area contributed by atoms with Crippen molar-refractivity contribution in [1.82, 2.24) is 0 Å². The fraction of sp³-hybridized carbons (Fsp3) is 0. The Hall–Kier alpha value is -2.52. The first kappa shape index (κ1) is 13.9. The van der Waals surface area contributed by atoms with E-state index in [0.717, 1.165) is 0 Å². The molecule has 20 heavy (non-hydrogen) atoms. The zero-order valence-electron chi connectivity index (χ0n) is 10.2. The molecule has 0 saturated carbocycles. The lowest BCUT2D eigenvalue weighted by molar-refractivity contribution is 0.102. The summed E-state index contributed by atoms with van der Waals surface area (Å²) in [6.45, 7) is 0. The molecule has 2 rings (SSSR count). The maximum absolute atomic E-state index is 12.1. The Kier molecular flexibility index (Phi) is 3.91. The number of anilines is 2. The van der Waals surface area contributed by atoms with Crippen LogP contribution in [0, 0.1) is 11.3 Å². The van der Waals surface area contributed by atoms with Gasteiger partial charge in [-0.15, -0.1) is 0 Å². The fourth-order valence-electron chi connectivity index (χ4n) is 1.62. The van der Waals surface area contributed by atoms with E-state index in [1.165, 1.54) is 12.1 Å². The number of nitrogens with zero attached hydrogens (tertiary/aromatic N) is 1. The first-order valence-corrected chi connectivity index (χ1v) is 6.40. The van der Waals surface area contributed by atoms with Crippen molar-refractivity contribution in [2.24, 2.45) is 0 Å². The van der Waals surface area contributed by atoms with E-state index in [2.05, 4.69) is 21.2 Å². The summed E-state index contributed by atoms with van der Waals surface area (Å²) in [5.74, 6) is -0.741. The predicted octanol–water partition coefficient (Wildman–Crippen LogP) is 2.86. The number of nitrogens with two attached hydrogens (primary N) is 1. The van der Waals surface area contributed by atoms with Gasteiger partial charge in [0, 0.05) is 4.47 Å². The van der Waals surface area contributed by atoms with Gasteiger partial charge in [-0.3, -0.25) is 4.79 Å². The number of nitrogen functional groups attached to an aromatic ring is 1. The number of halogens is 1. The summed E-state index contributed by atoms with van der Waals surface area (Å²) in [5, 5.41) is 21.2. The summed E-state index contributed by atoms with van der Waals surface area (Å²) in [5.41, 5.74) is 6.73. The van der Waals surface area contributed by atoms with E-state index in [0.29, 0.717) is 15.7 Å². The number of carbonyl (C=O) groups excluding carboxylic acids is 1. The zero-order valence-corrected chi connectivity index (χ0v) is 11.8. The Labute approximate surface area is 123 Å². The molecule has 0 unspecified atom stereocenters. The number of para-hydroxylation sites is 1. The van der Waals surface area contributed by atoms with E-state index in [1.54, 1.807) is 24.3 Å². The number of nitrogens with one attached hydrogen (secondary N) is 1. The number of benzene rings is 2. The fourth-order valence-corrected chi connectivity index (χ4v) is 2.10. The Balaban J connectivity index is 2.29. The number of rotatable bonds is 2. The number of amides is 1. The maximum atomic E-state index is 12.1. The van der Waals surface area contributed by atoms with Crippen LogP contribution in [0.1, 0.15) is 15.9 Å². The molecule has 100 valence electrons. The van der Waals surface area contributed by atoms with E-state index >= 15 is 0 Å². The number of carbonyl (C=O) groups is 1. The number of hydrogen-bond acceptors (Lipinski definition) is 4. The summed E-state index contributed by atoms with van der Waals surface area (Å²) in [6.07, 6.45) is 0. The minimum Gasteiger partial charge on any atom is -0.505 e. The molecule has 0 bridgehead atoms. The van der Waals surface area contributed by atoms with Gasteiger partial charge in [-0.1, -0.05) is 6.07 Å². The largest absolute Gasteiger partial charge is 0.505 e. The van der Waals surface area contributed by atoms with Crippen molar-refractivity contribution in [3.8, 4) is 11.8 Å². The molecule has 0 saturated heterocycles. The monoisotopic (exact) mass is 331 g/mol. The molecule has 0 aliphatic heterocycles. The van der Waals surface area contributed by atoms with Crippen molar-refractivity contribution < 1.29 is 9.90 Å². The smallest absolute Gasteiger partial charge is 0.259 e. The second kappa shape index (κ2) is 5.63. The van der Waals surface area contributed by atoms with Crippen molar-refractivity contribution in [3.05, 3.63) is 52.0 Å². The minimum absolute atomic E-state index is 0.0845. The van der Waals surface area contributed by atoms with Crippen LogP contribution in [0.4, 0.5) is 11.4 Å². The van der Waals surface area contributed by atoms with Crippen molar-refractivity contribution in [3.63, 3.8) is 0 Å². The number of phenolic OH excluding ortho intramolecular Hbond substituents is 1. The average Bonchev–Trinajstić information content (AvgIpc) is 2.44. The third kappa shape index (κ3) is 2.73. The van der Waals surface area contributed by atoms with Crippen LogP contribution in [-0.2, 0) is 0 Å². The van der Waals surface area contributed by atoms with Crippen molar-refractivity contribution in [2.75, 3.05) is 11.1 Å². The number of nitriles is 1. The lowest BCUT2D eigenvalue weighted by atomic mass is 10.1. The van der Waals surface area contributed by atoms with Crippen molar-refractivity contribution in [1.29, 1.82) is 5.26 Å². The van der Waals surface area contributed by atoms with Gasteiger partial charge < -0.3 is 16.2 Å². The molecule has 0 aliphatic rings. The molecule has 2 aromatic rings. The molecular weight excluding hydrogens is 322 g/mol. The van der Waals surface area contributed by atoms with Gasteiger partial charge in [0.05, 0.1) is 28.6 Å². The molecule has 1 amide bonds. The topological polar surface area (TPSA) is 99.1 Å². The van der Waals surface area contributed by atoms with Gasteiger partial charge >= 0.3 is 0 Å². The van der Waals surface area contributed by atoms with E-state index < -0.39 is 5.91 Å². The van der Waals surface area contributed by atoms with E-state index in [1.807, 2.05) is 6.07 Å². The highest BCUT2D eigenvalue weighted by Gasteiger charge is 2.14. The molecule has 0 aliphatic carbocycles. The van der Waals surface area contributed by atoms with Crippen LogP contribution in [0.3, 0.4) is 0 Å². The van der Waals surface area contributed by atoms with Gasteiger partial charge in [-0.25, -0.2) is 0 Å². The van der Waals surface area contributed by atoms with Gasteiger partial charge in [0.15, 0.2) is 5.75 Å². The molecule has 0 aromatic heterocycles. The van der Waals surface area contributed by atoms with Crippen molar-refractivity contribution >= 4 is 33.2 Å². The van der Waals surface area contributed by atoms with Crippen LogP contribution in [-0.4, -0.2) is 11.0 Å². The molecular formula is C14H10BrN3O2. The molecule has 0 fully saturated rings. The Morgan fingerprint density at radius 3 is 2.75 bits per heavy atom. The third-order valence-corrected chi connectivity index (χ3v) is 3.31. The first-order chi connectivity index (χ1) is 9.52. The Bertz CT molecular complexity index is 723. The summed E-state index contributed by atoms with van der Waals surface area (Å²) in [7, 11) is 0. The van der Waals surface area contributed by atoms with Gasteiger partial charge in [0.1, 0.15) is 0 Å². The summed E-state index contributed by atoms with van der Waals surface area (Å²) in [4.78, 5) is 12.1. The number of phenols is 1. The van der Waals surface area contributed by atoms with Gasteiger partial charge in [0.25, 0.3) is 5.91 Å². The quantitative estimate of drug-likeness (QED) is 0.582. The lowest BCUT2D eigenvalue weighted by Crippen LogP contribution is -2.13. The average molecular weight is 332 g/mol. The summed E-state index contributed by atoms with van der Waals surface area (Å²) >= 11 is 3.27. The van der Waals surface area contributed by atoms with Gasteiger partial charge in [-0.2, -0.15) is 5.26 Å². The Morgan fingerprint density at radius 2 is 2.10 bits per heavy atom. The van der Waals surface area contributed by atoms with Gasteiger partial charge in [-0.05, 0) is 46.3 Å². The maximum Gasteiger partial charge on any atom is 0.259 e. The molecule has 5 nitrogen and oxygen atoms in total. The van der Waals surface area contributed by atoms with Crippen LogP contribution in [0.15, 0.2) is 40.9 Å². The van der Waals surface area contributed by atoms with Crippen LogP contribution >= 0.6 is 15.9 Å². The molecule has 0 atom stereocenters. The summed E-state index contributed by atoms with van der Waals surface area (Å²) < 4.78 is 0.577. The highest BCUT2D eigenvalue weighted by Crippen LogP contribution is 2.27. The van der Waals surface area contributed by atoms with Crippen LogP contribution in [0.25, 0.3) is 0 Å².